The zero-order valence-corrected chi connectivity index (χ0v) is 17.0. The highest BCUT2D eigenvalue weighted by Crippen LogP contribution is 2.23. The van der Waals surface area contributed by atoms with Crippen molar-refractivity contribution in [2.24, 2.45) is 5.14 Å². The second-order valence-electron chi connectivity index (χ2n) is 5.82. The zero-order valence-electron chi connectivity index (χ0n) is 14.6. The average Bonchev–Trinajstić information content (AvgIpc) is 3.15. The Morgan fingerprint density at radius 1 is 1.07 bits per heavy atom. The minimum Gasteiger partial charge on any atom is -0.488 e. The monoisotopic (exact) mass is 436 g/mol. The Labute approximate surface area is 172 Å². The largest absolute Gasteiger partial charge is 0.488 e. The molecule has 0 aliphatic rings. The smallest absolute Gasteiger partial charge is 0.255 e. The molecule has 0 unspecified atom stereocenters. The third-order valence-corrected chi connectivity index (χ3v) is 6.71. The van der Waals surface area contributed by atoms with Crippen molar-refractivity contribution in [2.45, 2.75) is 17.4 Å². The Balaban J connectivity index is 1.67. The standard InChI is InChI=1S/C19H17ClN2O4S2/c20-16-7-3-1-5-13(16)12-26-17-8-4-2-6-15(17)19(23)22-11-14-9-10-18(27-14)28(21,24)25/h1-10H,11-12H2,(H,22,23)(H2,21,24,25). The van der Waals surface area contributed by atoms with Crippen molar-refractivity contribution in [1.29, 1.82) is 0 Å². The number of sulfonamides is 1. The van der Waals surface area contributed by atoms with Gasteiger partial charge in [0.05, 0.1) is 12.1 Å². The fourth-order valence-corrected chi connectivity index (χ4v) is 4.33. The molecular weight excluding hydrogens is 420 g/mol. The summed E-state index contributed by atoms with van der Waals surface area (Å²) in [6, 6.07) is 17.2. The quantitative estimate of drug-likeness (QED) is 0.591. The summed E-state index contributed by atoms with van der Waals surface area (Å²) in [5.41, 5.74) is 1.19. The first kappa shape index (κ1) is 20.3. The maximum absolute atomic E-state index is 12.6. The predicted octanol–water partition coefficient (Wildman–Crippen LogP) is 3.56. The Bertz CT molecular complexity index is 1100. The summed E-state index contributed by atoms with van der Waals surface area (Å²) in [6.45, 7) is 0.407. The van der Waals surface area contributed by atoms with Gasteiger partial charge < -0.3 is 10.1 Å². The number of thiophene rings is 1. The number of hydrogen-bond donors (Lipinski definition) is 2. The van der Waals surface area contributed by atoms with E-state index in [-0.39, 0.29) is 23.3 Å². The third-order valence-electron chi connectivity index (χ3n) is 3.81. The van der Waals surface area contributed by atoms with Gasteiger partial charge in [-0.2, -0.15) is 0 Å². The van der Waals surface area contributed by atoms with E-state index in [9.17, 15) is 13.2 Å². The first-order chi connectivity index (χ1) is 13.3. The van der Waals surface area contributed by atoms with Gasteiger partial charge in [-0.05, 0) is 30.3 Å². The molecular formula is C19H17ClN2O4S2. The van der Waals surface area contributed by atoms with Crippen molar-refractivity contribution >= 4 is 38.9 Å². The SMILES string of the molecule is NS(=O)(=O)c1ccc(CNC(=O)c2ccccc2OCc2ccccc2Cl)s1. The van der Waals surface area contributed by atoms with E-state index in [1.807, 2.05) is 18.2 Å². The number of rotatable bonds is 7. The minimum atomic E-state index is -3.74. The lowest BCUT2D eigenvalue weighted by Crippen LogP contribution is -2.23. The number of ether oxygens (including phenoxy) is 1. The Kier molecular flexibility index (Phi) is 6.35. The topological polar surface area (TPSA) is 98.5 Å². The van der Waals surface area contributed by atoms with Gasteiger partial charge in [-0.15, -0.1) is 11.3 Å². The van der Waals surface area contributed by atoms with Crippen molar-refractivity contribution in [3.05, 3.63) is 81.7 Å². The summed E-state index contributed by atoms with van der Waals surface area (Å²) < 4.78 is 28.5. The van der Waals surface area contributed by atoms with Crippen LogP contribution in [0.5, 0.6) is 5.75 Å². The molecule has 1 amide bonds. The summed E-state index contributed by atoms with van der Waals surface area (Å²) in [5.74, 6) is 0.0941. The van der Waals surface area contributed by atoms with Crippen LogP contribution in [0.4, 0.5) is 0 Å². The van der Waals surface area contributed by atoms with Gasteiger partial charge in [0.25, 0.3) is 5.91 Å². The van der Waals surface area contributed by atoms with Crippen LogP contribution in [0.25, 0.3) is 0 Å². The van der Waals surface area contributed by atoms with E-state index in [1.165, 1.54) is 6.07 Å². The maximum atomic E-state index is 12.6. The molecule has 0 bridgehead atoms. The number of hydrogen-bond acceptors (Lipinski definition) is 5. The van der Waals surface area contributed by atoms with Crippen LogP contribution in [0.1, 0.15) is 20.8 Å². The highest BCUT2D eigenvalue weighted by Gasteiger charge is 2.15. The number of carbonyl (C=O) groups is 1. The summed E-state index contributed by atoms with van der Waals surface area (Å²) in [4.78, 5) is 13.2. The second kappa shape index (κ2) is 8.74. The van der Waals surface area contributed by atoms with Gasteiger partial charge >= 0.3 is 0 Å². The predicted molar refractivity (Wildman–Crippen MR) is 109 cm³/mol. The van der Waals surface area contributed by atoms with Crippen molar-refractivity contribution < 1.29 is 17.9 Å². The molecule has 28 heavy (non-hydrogen) atoms. The Hall–Kier alpha value is -2.39. The molecule has 3 rings (SSSR count). The highest BCUT2D eigenvalue weighted by molar-refractivity contribution is 7.91. The summed E-state index contributed by atoms with van der Waals surface area (Å²) in [6.07, 6.45) is 0. The number of benzene rings is 2. The number of amides is 1. The fraction of sp³-hybridized carbons (Fsp3) is 0.105. The van der Waals surface area contributed by atoms with Crippen LogP contribution < -0.4 is 15.2 Å². The second-order valence-corrected chi connectivity index (χ2v) is 9.19. The summed E-state index contributed by atoms with van der Waals surface area (Å²) >= 11 is 7.15. The Morgan fingerprint density at radius 3 is 2.50 bits per heavy atom. The van der Waals surface area contributed by atoms with E-state index in [2.05, 4.69) is 5.32 Å². The molecule has 6 nitrogen and oxygen atoms in total. The van der Waals surface area contributed by atoms with Gasteiger partial charge in [-0.1, -0.05) is 41.9 Å². The van der Waals surface area contributed by atoms with E-state index in [0.717, 1.165) is 16.9 Å². The molecule has 0 radical (unpaired) electrons. The molecule has 1 heterocycles. The first-order valence-electron chi connectivity index (χ1n) is 8.19. The van der Waals surface area contributed by atoms with Gasteiger partial charge in [0.1, 0.15) is 16.6 Å². The first-order valence-corrected chi connectivity index (χ1v) is 10.9. The molecule has 3 aromatic rings. The maximum Gasteiger partial charge on any atom is 0.255 e. The van der Waals surface area contributed by atoms with E-state index in [0.29, 0.717) is 21.2 Å². The van der Waals surface area contributed by atoms with Crippen LogP contribution in [-0.4, -0.2) is 14.3 Å². The number of primary sulfonamides is 1. The Morgan fingerprint density at radius 2 is 1.79 bits per heavy atom. The molecule has 0 fully saturated rings. The van der Waals surface area contributed by atoms with Crippen molar-refractivity contribution in [1.82, 2.24) is 5.32 Å². The number of halogens is 1. The number of nitrogens with two attached hydrogens (primary N) is 1. The van der Waals surface area contributed by atoms with E-state index < -0.39 is 10.0 Å². The molecule has 3 N–H and O–H groups in total. The van der Waals surface area contributed by atoms with Gasteiger partial charge in [-0.25, -0.2) is 13.6 Å². The van der Waals surface area contributed by atoms with Crippen molar-refractivity contribution in [2.75, 3.05) is 0 Å². The molecule has 0 saturated carbocycles. The van der Waals surface area contributed by atoms with E-state index in [4.69, 9.17) is 21.5 Å². The molecule has 0 saturated heterocycles. The van der Waals surface area contributed by atoms with Crippen LogP contribution in [0.15, 0.2) is 64.9 Å². The van der Waals surface area contributed by atoms with Crippen molar-refractivity contribution in [3.63, 3.8) is 0 Å². The van der Waals surface area contributed by atoms with Crippen LogP contribution in [0.2, 0.25) is 5.02 Å². The van der Waals surface area contributed by atoms with Gasteiger partial charge in [0, 0.05) is 15.5 Å². The fourth-order valence-electron chi connectivity index (χ4n) is 2.42. The molecule has 2 aromatic carbocycles. The molecule has 0 aliphatic heterocycles. The van der Waals surface area contributed by atoms with Crippen molar-refractivity contribution in [3.8, 4) is 5.75 Å². The minimum absolute atomic E-state index is 0.0558. The summed E-state index contributed by atoms with van der Waals surface area (Å²) in [5, 5.41) is 8.45. The van der Waals surface area contributed by atoms with Crippen LogP contribution >= 0.6 is 22.9 Å². The molecule has 1 aromatic heterocycles. The van der Waals surface area contributed by atoms with Gasteiger partial charge in [0.2, 0.25) is 10.0 Å². The lowest BCUT2D eigenvalue weighted by atomic mass is 10.2. The van der Waals surface area contributed by atoms with Gasteiger partial charge in [0.15, 0.2) is 0 Å². The number of para-hydroxylation sites is 1. The zero-order chi connectivity index (χ0) is 20.1. The van der Waals surface area contributed by atoms with Gasteiger partial charge in [-0.3, -0.25) is 4.79 Å². The van der Waals surface area contributed by atoms with Crippen LogP contribution in [-0.2, 0) is 23.2 Å². The molecule has 9 heteroatoms. The normalized spacial score (nSPS) is 11.2. The lowest BCUT2D eigenvalue weighted by molar-refractivity contribution is 0.0946. The lowest BCUT2D eigenvalue weighted by Gasteiger charge is -2.12. The molecule has 0 aliphatic carbocycles. The average molecular weight is 437 g/mol. The number of carbonyl (C=O) groups excluding carboxylic acids is 1. The molecule has 0 atom stereocenters. The van der Waals surface area contributed by atoms with E-state index >= 15 is 0 Å². The molecule has 0 spiro atoms. The third kappa shape index (κ3) is 5.11. The van der Waals surface area contributed by atoms with Crippen LogP contribution in [0, 0.1) is 0 Å². The summed E-state index contributed by atoms with van der Waals surface area (Å²) in [7, 11) is -3.74. The highest BCUT2D eigenvalue weighted by atomic mass is 35.5. The van der Waals surface area contributed by atoms with E-state index in [1.54, 1.807) is 36.4 Å². The molecule has 146 valence electrons. The number of nitrogens with one attached hydrogen (secondary N) is 1. The van der Waals surface area contributed by atoms with Crippen LogP contribution in [0.3, 0.4) is 0 Å².